The van der Waals surface area contributed by atoms with Crippen LogP contribution in [0.4, 0.5) is 10.6 Å². The minimum absolute atomic E-state index is 0.0968. The van der Waals surface area contributed by atoms with Gasteiger partial charge in [0, 0.05) is 25.3 Å². The fourth-order valence-corrected chi connectivity index (χ4v) is 3.65. The average Bonchev–Trinajstić information content (AvgIpc) is 2.60. The summed E-state index contributed by atoms with van der Waals surface area (Å²) in [7, 11) is 1.38. The summed E-state index contributed by atoms with van der Waals surface area (Å²) >= 11 is 0. The molecule has 7 nitrogen and oxygen atoms in total. The predicted octanol–water partition coefficient (Wildman–Crippen LogP) is 2.76. The van der Waals surface area contributed by atoms with Crippen LogP contribution in [0.3, 0.4) is 0 Å². The molecule has 1 aromatic rings. The Kier molecular flexibility index (Phi) is 4.82. The van der Waals surface area contributed by atoms with Crippen LogP contribution in [0.2, 0.25) is 0 Å². The molecule has 4 rings (SSSR count). The number of piperazine rings is 1. The molecule has 3 saturated heterocycles. The molecule has 3 aliphatic rings. The van der Waals surface area contributed by atoms with Crippen LogP contribution in [-0.4, -0.2) is 59.8 Å². The monoisotopic (exact) mass is 361 g/mol. The lowest BCUT2D eigenvalue weighted by molar-refractivity contribution is 0.000782. The van der Waals surface area contributed by atoms with E-state index in [0.717, 1.165) is 24.2 Å². The Morgan fingerprint density at radius 2 is 1.88 bits per heavy atom. The Balaban J connectivity index is 1.78. The minimum atomic E-state index is -0.499. The van der Waals surface area contributed by atoms with Crippen molar-refractivity contribution in [3.05, 3.63) is 23.4 Å². The molecule has 0 spiro atoms. The van der Waals surface area contributed by atoms with Gasteiger partial charge in [-0.3, -0.25) is 0 Å². The molecule has 2 unspecified atom stereocenters. The largest absolute Gasteiger partial charge is 0.465 e. The second-order valence-corrected chi connectivity index (χ2v) is 8.02. The van der Waals surface area contributed by atoms with Crippen LogP contribution in [0, 0.1) is 6.92 Å². The van der Waals surface area contributed by atoms with E-state index in [1.54, 1.807) is 12.3 Å². The maximum atomic E-state index is 12.5. The predicted molar refractivity (Wildman–Crippen MR) is 97.4 cm³/mol. The number of anilines is 1. The Bertz CT molecular complexity index is 713. The fourth-order valence-electron chi connectivity index (χ4n) is 3.65. The highest BCUT2D eigenvalue weighted by Crippen LogP contribution is 2.33. The van der Waals surface area contributed by atoms with Gasteiger partial charge in [-0.15, -0.1) is 0 Å². The number of esters is 1. The van der Waals surface area contributed by atoms with Gasteiger partial charge in [-0.1, -0.05) is 0 Å². The second kappa shape index (κ2) is 6.78. The van der Waals surface area contributed by atoms with Gasteiger partial charge in [0.15, 0.2) is 0 Å². The summed E-state index contributed by atoms with van der Waals surface area (Å²) in [6.07, 6.45) is 3.40. The van der Waals surface area contributed by atoms with Crippen molar-refractivity contribution >= 4 is 17.9 Å². The van der Waals surface area contributed by atoms with E-state index in [9.17, 15) is 9.59 Å². The van der Waals surface area contributed by atoms with Crippen molar-refractivity contribution < 1.29 is 19.1 Å². The highest BCUT2D eigenvalue weighted by Gasteiger charge is 2.43. The summed E-state index contributed by atoms with van der Waals surface area (Å²) in [5.41, 5.74) is 0.822. The van der Waals surface area contributed by atoms with Crippen molar-refractivity contribution in [1.82, 2.24) is 9.88 Å². The number of hydrogen-bond acceptors (Lipinski definition) is 6. The zero-order chi connectivity index (χ0) is 19.1. The molecule has 1 amide bonds. The first-order valence-electron chi connectivity index (χ1n) is 9.01. The number of carbonyl (C=O) groups excluding carboxylic acids is 2. The number of piperidine rings is 2. The molecule has 142 valence electrons. The van der Waals surface area contributed by atoms with Crippen LogP contribution in [0.5, 0.6) is 0 Å². The standard InChI is InChI=1S/C19H27N3O4/c1-12-9-20-16(8-15(12)17(23)25-5)21-10-14-7-6-13(21)11-22(14)18(24)26-19(2,3)4/h8-9,13-14H,6-7,10-11H2,1-5H3. The van der Waals surface area contributed by atoms with Crippen LogP contribution < -0.4 is 4.90 Å². The van der Waals surface area contributed by atoms with Crippen LogP contribution in [0.15, 0.2) is 12.3 Å². The van der Waals surface area contributed by atoms with Gasteiger partial charge >= 0.3 is 12.1 Å². The molecule has 2 atom stereocenters. The molecule has 0 saturated carbocycles. The number of rotatable bonds is 2. The van der Waals surface area contributed by atoms with Gasteiger partial charge in [0.05, 0.1) is 18.7 Å². The first kappa shape index (κ1) is 18.5. The number of methoxy groups -OCH3 is 1. The maximum Gasteiger partial charge on any atom is 0.410 e. The van der Waals surface area contributed by atoms with Crippen LogP contribution >= 0.6 is 0 Å². The molecule has 0 aromatic carbocycles. The van der Waals surface area contributed by atoms with E-state index >= 15 is 0 Å². The van der Waals surface area contributed by atoms with E-state index in [1.807, 2.05) is 32.6 Å². The van der Waals surface area contributed by atoms with Crippen LogP contribution in [-0.2, 0) is 9.47 Å². The molecule has 7 heteroatoms. The number of carbonyl (C=O) groups is 2. The van der Waals surface area contributed by atoms with E-state index in [2.05, 4.69) is 9.88 Å². The number of nitrogens with zero attached hydrogens (tertiary/aromatic N) is 3. The molecule has 0 N–H and O–H groups in total. The third-order valence-corrected chi connectivity index (χ3v) is 4.95. The average molecular weight is 361 g/mol. The molecular formula is C19H27N3O4. The molecule has 3 aliphatic heterocycles. The Hall–Kier alpha value is -2.31. The lowest BCUT2D eigenvalue weighted by Gasteiger charge is -2.51. The highest BCUT2D eigenvalue weighted by atomic mass is 16.6. The number of hydrogen-bond donors (Lipinski definition) is 0. The van der Waals surface area contributed by atoms with Gasteiger partial charge in [-0.2, -0.15) is 0 Å². The fraction of sp³-hybridized carbons (Fsp3) is 0.632. The molecular weight excluding hydrogens is 334 g/mol. The topological polar surface area (TPSA) is 72.0 Å². The number of ether oxygens (including phenoxy) is 2. The third kappa shape index (κ3) is 3.61. The van der Waals surface area contributed by atoms with Crippen molar-refractivity contribution in [2.24, 2.45) is 0 Å². The Labute approximate surface area is 154 Å². The number of amides is 1. The zero-order valence-corrected chi connectivity index (χ0v) is 16.1. The third-order valence-electron chi connectivity index (χ3n) is 4.95. The van der Waals surface area contributed by atoms with Gasteiger partial charge in [-0.25, -0.2) is 14.6 Å². The number of aromatic nitrogens is 1. The molecule has 1 aromatic heterocycles. The SMILES string of the molecule is COC(=O)c1cc(N2CC3CCC2CN3C(=O)OC(C)(C)C)ncc1C. The van der Waals surface area contributed by atoms with Crippen molar-refractivity contribution in [2.45, 2.75) is 58.2 Å². The highest BCUT2D eigenvalue weighted by molar-refractivity contribution is 5.91. The smallest absolute Gasteiger partial charge is 0.410 e. The first-order chi connectivity index (χ1) is 12.2. The van der Waals surface area contributed by atoms with Crippen LogP contribution in [0.1, 0.15) is 49.5 Å². The molecule has 26 heavy (non-hydrogen) atoms. The quantitative estimate of drug-likeness (QED) is 0.754. The minimum Gasteiger partial charge on any atom is -0.465 e. The van der Waals surface area contributed by atoms with Crippen molar-refractivity contribution in [3.63, 3.8) is 0 Å². The Morgan fingerprint density at radius 3 is 2.46 bits per heavy atom. The zero-order valence-electron chi connectivity index (χ0n) is 16.1. The van der Waals surface area contributed by atoms with Crippen molar-refractivity contribution in [2.75, 3.05) is 25.1 Å². The summed E-state index contributed by atoms with van der Waals surface area (Å²) in [5.74, 6) is 0.401. The normalized spacial score (nSPS) is 22.3. The van der Waals surface area contributed by atoms with Gasteiger partial charge in [-0.05, 0) is 52.2 Å². The van der Waals surface area contributed by atoms with Gasteiger partial charge in [0.2, 0.25) is 0 Å². The van der Waals surface area contributed by atoms with E-state index in [4.69, 9.17) is 9.47 Å². The van der Waals surface area contributed by atoms with E-state index < -0.39 is 5.60 Å². The lowest BCUT2D eigenvalue weighted by Crippen LogP contribution is -2.64. The van der Waals surface area contributed by atoms with Gasteiger partial charge < -0.3 is 19.3 Å². The van der Waals surface area contributed by atoms with E-state index in [-0.39, 0.29) is 24.1 Å². The lowest BCUT2D eigenvalue weighted by atomic mass is 9.91. The van der Waals surface area contributed by atoms with E-state index in [1.165, 1.54) is 7.11 Å². The van der Waals surface area contributed by atoms with Crippen molar-refractivity contribution in [3.8, 4) is 0 Å². The van der Waals surface area contributed by atoms with Crippen molar-refractivity contribution in [1.29, 1.82) is 0 Å². The summed E-state index contributed by atoms with van der Waals surface area (Å²) < 4.78 is 10.4. The van der Waals surface area contributed by atoms with Crippen LogP contribution in [0.25, 0.3) is 0 Å². The first-order valence-corrected chi connectivity index (χ1v) is 9.01. The number of fused-ring (bicyclic) bond motifs is 3. The molecule has 3 fully saturated rings. The summed E-state index contributed by atoms with van der Waals surface area (Å²) in [6, 6.07) is 2.06. The molecule has 2 bridgehead atoms. The number of pyridine rings is 1. The van der Waals surface area contributed by atoms with Gasteiger partial charge in [0.1, 0.15) is 11.4 Å². The Morgan fingerprint density at radius 1 is 1.19 bits per heavy atom. The summed E-state index contributed by atoms with van der Waals surface area (Å²) in [4.78, 5) is 33.0. The molecule has 0 aliphatic carbocycles. The van der Waals surface area contributed by atoms with E-state index in [0.29, 0.717) is 18.7 Å². The number of aryl methyl sites for hydroxylation is 1. The molecule has 4 heterocycles. The van der Waals surface area contributed by atoms with Gasteiger partial charge in [0.25, 0.3) is 0 Å². The molecule has 0 radical (unpaired) electrons. The summed E-state index contributed by atoms with van der Waals surface area (Å²) in [5, 5.41) is 0. The summed E-state index contributed by atoms with van der Waals surface area (Å²) in [6.45, 7) is 8.79. The maximum absolute atomic E-state index is 12.5. The second-order valence-electron chi connectivity index (χ2n) is 8.02.